The first kappa shape index (κ1) is 16.0. The molecule has 0 saturated heterocycles. The molecule has 0 saturated carbocycles. The van der Waals surface area contributed by atoms with Gasteiger partial charge in [0, 0.05) is 10.6 Å². The summed E-state index contributed by atoms with van der Waals surface area (Å²) in [5.74, 6) is 0.869. The van der Waals surface area contributed by atoms with Crippen LogP contribution in [0.2, 0.25) is 5.02 Å². The number of benzene rings is 2. The molecule has 1 aromatic heterocycles. The number of aromatic nitrogens is 2. The Kier molecular flexibility index (Phi) is 4.77. The molecule has 2 aromatic carbocycles. The molecule has 0 aliphatic heterocycles. The molecule has 3 aromatic rings. The highest BCUT2D eigenvalue weighted by atomic mass is 35.5. The molecule has 7 heteroatoms. The zero-order valence-electron chi connectivity index (χ0n) is 12.7. The van der Waals surface area contributed by atoms with Gasteiger partial charge in [-0.3, -0.25) is 0 Å². The van der Waals surface area contributed by atoms with Crippen LogP contribution in [0, 0.1) is 0 Å². The van der Waals surface area contributed by atoms with Crippen molar-refractivity contribution in [2.45, 2.75) is 6.61 Å². The Balaban J connectivity index is 1.63. The minimum atomic E-state index is -0.490. The van der Waals surface area contributed by atoms with Crippen LogP contribution in [0.15, 0.2) is 53.1 Å². The SMILES string of the molecule is COc1ccc(-c2noc(COC(=O)c3ccc(Cl)cc3)n2)cc1. The Morgan fingerprint density at radius 1 is 1.12 bits per heavy atom. The molecule has 0 aliphatic carbocycles. The predicted octanol–water partition coefficient (Wildman–Crippen LogP) is 3.76. The normalized spacial score (nSPS) is 10.4. The average molecular weight is 345 g/mol. The first-order chi connectivity index (χ1) is 11.7. The van der Waals surface area contributed by atoms with Gasteiger partial charge in [0.2, 0.25) is 5.82 Å². The van der Waals surface area contributed by atoms with Gasteiger partial charge < -0.3 is 14.0 Å². The maximum atomic E-state index is 11.9. The van der Waals surface area contributed by atoms with Crippen molar-refractivity contribution in [2.75, 3.05) is 7.11 Å². The van der Waals surface area contributed by atoms with E-state index in [1.165, 1.54) is 0 Å². The molecule has 1 heterocycles. The molecule has 0 N–H and O–H groups in total. The zero-order valence-corrected chi connectivity index (χ0v) is 13.5. The van der Waals surface area contributed by atoms with Gasteiger partial charge in [0.1, 0.15) is 5.75 Å². The van der Waals surface area contributed by atoms with Crippen LogP contribution in [0.25, 0.3) is 11.4 Å². The maximum absolute atomic E-state index is 11.9. The Morgan fingerprint density at radius 3 is 2.50 bits per heavy atom. The van der Waals surface area contributed by atoms with Gasteiger partial charge in [0.25, 0.3) is 5.89 Å². The second kappa shape index (κ2) is 7.14. The number of nitrogens with zero attached hydrogens (tertiary/aromatic N) is 2. The van der Waals surface area contributed by atoms with E-state index >= 15 is 0 Å². The van der Waals surface area contributed by atoms with E-state index in [2.05, 4.69) is 10.1 Å². The quantitative estimate of drug-likeness (QED) is 0.656. The van der Waals surface area contributed by atoms with E-state index in [1.54, 1.807) is 43.5 Å². The van der Waals surface area contributed by atoms with E-state index < -0.39 is 5.97 Å². The Morgan fingerprint density at radius 2 is 1.83 bits per heavy atom. The summed E-state index contributed by atoms with van der Waals surface area (Å²) >= 11 is 5.78. The summed E-state index contributed by atoms with van der Waals surface area (Å²) in [6.07, 6.45) is 0. The monoisotopic (exact) mass is 344 g/mol. The smallest absolute Gasteiger partial charge is 0.338 e. The van der Waals surface area contributed by atoms with Crippen LogP contribution in [-0.2, 0) is 11.3 Å². The fourth-order valence-electron chi connectivity index (χ4n) is 1.97. The Hall–Kier alpha value is -2.86. The summed E-state index contributed by atoms with van der Waals surface area (Å²) in [7, 11) is 1.59. The molecular formula is C17H13ClN2O4. The highest BCUT2D eigenvalue weighted by Crippen LogP contribution is 2.20. The molecule has 0 bridgehead atoms. The number of carbonyl (C=O) groups is 1. The largest absolute Gasteiger partial charge is 0.497 e. The summed E-state index contributed by atoms with van der Waals surface area (Å²) in [5.41, 5.74) is 1.17. The van der Waals surface area contributed by atoms with Gasteiger partial charge in [-0.1, -0.05) is 16.8 Å². The molecule has 0 radical (unpaired) electrons. The van der Waals surface area contributed by atoms with Gasteiger partial charge in [-0.15, -0.1) is 0 Å². The minimum Gasteiger partial charge on any atom is -0.497 e. The third kappa shape index (κ3) is 3.72. The highest BCUT2D eigenvalue weighted by Gasteiger charge is 2.12. The lowest BCUT2D eigenvalue weighted by Crippen LogP contribution is -2.05. The summed E-state index contributed by atoms with van der Waals surface area (Å²) in [6, 6.07) is 13.6. The van der Waals surface area contributed by atoms with Crippen molar-refractivity contribution in [3.05, 3.63) is 65.0 Å². The third-order valence-electron chi connectivity index (χ3n) is 3.22. The number of hydrogen-bond acceptors (Lipinski definition) is 6. The average Bonchev–Trinajstić information content (AvgIpc) is 3.09. The topological polar surface area (TPSA) is 74.5 Å². The van der Waals surface area contributed by atoms with E-state index in [-0.39, 0.29) is 12.5 Å². The van der Waals surface area contributed by atoms with Crippen molar-refractivity contribution in [2.24, 2.45) is 0 Å². The third-order valence-corrected chi connectivity index (χ3v) is 3.47. The second-order valence-corrected chi connectivity index (χ2v) is 5.26. The molecule has 24 heavy (non-hydrogen) atoms. The summed E-state index contributed by atoms with van der Waals surface area (Å²) < 4.78 is 15.3. The number of esters is 1. The molecule has 0 unspecified atom stereocenters. The van der Waals surface area contributed by atoms with Crippen molar-refractivity contribution in [1.82, 2.24) is 10.1 Å². The lowest BCUT2D eigenvalue weighted by Gasteiger charge is -2.01. The first-order valence-electron chi connectivity index (χ1n) is 7.05. The minimum absolute atomic E-state index is 0.107. The summed E-state index contributed by atoms with van der Waals surface area (Å²) in [5, 5.41) is 4.42. The van der Waals surface area contributed by atoms with Crippen molar-refractivity contribution < 1.29 is 18.8 Å². The number of hydrogen-bond donors (Lipinski definition) is 0. The van der Waals surface area contributed by atoms with Gasteiger partial charge in [-0.25, -0.2) is 4.79 Å². The van der Waals surface area contributed by atoms with Crippen LogP contribution in [0.3, 0.4) is 0 Å². The second-order valence-electron chi connectivity index (χ2n) is 4.82. The van der Waals surface area contributed by atoms with Crippen molar-refractivity contribution in [3.63, 3.8) is 0 Å². The first-order valence-corrected chi connectivity index (χ1v) is 7.43. The van der Waals surface area contributed by atoms with Crippen LogP contribution in [0.4, 0.5) is 0 Å². The zero-order chi connectivity index (χ0) is 16.9. The number of carbonyl (C=O) groups excluding carboxylic acids is 1. The molecule has 0 aliphatic rings. The van der Waals surface area contributed by atoms with Crippen LogP contribution in [-0.4, -0.2) is 23.2 Å². The number of halogens is 1. The summed E-state index contributed by atoms with van der Waals surface area (Å²) in [4.78, 5) is 16.1. The molecule has 3 rings (SSSR count). The maximum Gasteiger partial charge on any atom is 0.338 e. The van der Waals surface area contributed by atoms with Gasteiger partial charge in [0.05, 0.1) is 12.7 Å². The van der Waals surface area contributed by atoms with Crippen molar-refractivity contribution in [1.29, 1.82) is 0 Å². The van der Waals surface area contributed by atoms with E-state index in [1.807, 2.05) is 12.1 Å². The number of ether oxygens (including phenoxy) is 2. The molecule has 0 spiro atoms. The number of methoxy groups -OCH3 is 1. The van der Waals surface area contributed by atoms with Gasteiger partial charge in [-0.05, 0) is 48.5 Å². The molecule has 0 atom stereocenters. The van der Waals surface area contributed by atoms with Gasteiger partial charge in [0.15, 0.2) is 6.61 Å². The van der Waals surface area contributed by atoms with Crippen LogP contribution in [0.5, 0.6) is 5.75 Å². The molecule has 0 amide bonds. The molecule has 122 valence electrons. The van der Waals surface area contributed by atoms with Gasteiger partial charge >= 0.3 is 5.97 Å². The molecular weight excluding hydrogens is 332 g/mol. The fourth-order valence-corrected chi connectivity index (χ4v) is 2.09. The lowest BCUT2D eigenvalue weighted by molar-refractivity contribution is 0.0430. The van der Waals surface area contributed by atoms with E-state index in [9.17, 15) is 4.79 Å². The van der Waals surface area contributed by atoms with E-state index in [0.29, 0.717) is 16.4 Å². The summed E-state index contributed by atoms with van der Waals surface area (Å²) in [6.45, 7) is -0.107. The Labute approximate surface area is 143 Å². The van der Waals surface area contributed by atoms with E-state index in [0.717, 1.165) is 11.3 Å². The Bertz CT molecular complexity index is 829. The van der Waals surface area contributed by atoms with Crippen molar-refractivity contribution in [3.8, 4) is 17.1 Å². The molecule has 0 fully saturated rings. The predicted molar refractivity (Wildman–Crippen MR) is 86.9 cm³/mol. The fraction of sp³-hybridized carbons (Fsp3) is 0.118. The van der Waals surface area contributed by atoms with Crippen molar-refractivity contribution >= 4 is 17.6 Å². The van der Waals surface area contributed by atoms with Crippen LogP contribution >= 0.6 is 11.6 Å². The van der Waals surface area contributed by atoms with Crippen LogP contribution < -0.4 is 4.74 Å². The number of rotatable bonds is 5. The highest BCUT2D eigenvalue weighted by molar-refractivity contribution is 6.30. The standard InChI is InChI=1S/C17H13ClN2O4/c1-22-14-8-4-11(5-9-14)16-19-15(24-20-16)10-23-17(21)12-2-6-13(18)7-3-12/h2-9H,10H2,1H3. The van der Waals surface area contributed by atoms with Gasteiger partial charge in [-0.2, -0.15) is 4.98 Å². The lowest BCUT2D eigenvalue weighted by atomic mass is 10.2. The van der Waals surface area contributed by atoms with E-state index in [4.69, 9.17) is 25.6 Å². The van der Waals surface area contributed by atoms with Crippen LogP contribution in [0.1, 0.15) is 16.2 Å². The molecule has 6 nitrogen and oxygen atoms in total.